The summed E-state index contributed by atoms with van der Waals surface area (Å²) in [6.45, 7) is 15.4. The Balaban J connectivity index is 2.72. The molecule has 1 aromatic rings. The highest BCUT2D eigenvalue weighted by molar-refractivity contribution is 5.39. The standard InChI is InChI=1S/C17H31N3/c1-13(2)11-18-12-15-9-8-10-16(19-15)20(7)14(3)17(4,5)6/h8-10,13-14,18H,11-12H2,1-7H3. The molecule has 0 aliphatic heterocycles. The second-order valence-electron chi connectivity index (χ2n) is 7.16. The van der Waals surface area contributed by atoms with E-state index in [2.05, 4.69) is 77.0 Å². The fraction of sp³-hybridized carbons (Fsp3) is 0.706. The number of anilines is 1. The SMILES string of the molecule is CC(C)CNCc1cccc(N(C)C(C)C(C)(C)C)n1. The topological polar surface area (TPSA) is 28.2 Å². The highest BCUT2D eigenvalue weighted by Gasteiger charge is 2.24. The molecule has 114 valence electrons. The maximum atomic E-state index is 4.77. The zero-order chi connectivity index (χ0) is 15.3. The van der Waals surface area contributed by atoms with Gasteiger partial charge >= 0.3 is 0 Å². The van der Waals surface area contributed by atoms with Gasteiger partial charge in [0.25, 0.3) is 0 Å². The van der Waals surface area contributed by atoms with Gasteiger partial charge in [-0.25, -0.2) is 4.98 Å². The smallest absolute Gasteiger partial charge is 0.128 e. The van der Waals surface area contributed by atoms with E-state index in [-0.39, 0.29) is 5.41 Å². The lowest BCUT2D eigenvalue weighted by Gasteiger charge is -2.36. The van der Waals surface area contributed by atoms with Gasteiger partial charge in [-0.15, -0.1) is 0 Å². The molecular weight excluding hydrogens is 246 g/mol. The summed E-state index contributed by atoms with van der Waals surface area (Å²) in [6, 6.07) is 6.72. The molecule has 1 N–H and O–H groups in total. The highest BCUT2D eigenvalue weighted by atomic mass is 15.2. The predicted octanol–water partition coefficient (Wildman–Crippen LogP) is 3.70. The Kier molecular flexibility index (Phi) is 6.00. The third-order valence-corrected chi connectivity index (χ3v) is 3.85. The second kappa shape index (κ2) is 7.07. The first-order chi connectivity index (χ1) is 9.21. The van der Waals surface area contributed by atoms with Crippen molar-refractivity contribution in [3.63, 3.8) is 0 Å². The van der Waals surface area contributed by atoms with E-state index in [1.807, 2.05) is 0 Å². The van der Waals surface area contributed by atoms with Gasteiger partial charge in [0.1, 0.15) is 5.82 Å². The largest absolute Gasteiger partial charge is 0.356 e. The summed E-state index contributed by atoms with van der Waals surface area (Å²) in [5, 5.41) is 3.45. The van der Waals surface area contributed by atoms with E-state index in [4.69, 9.17) is 4.98 Å². The summed E-state index contributed by atoms with van der Waals surface area (Å²) in [4.78, 5) is 7.04. The molecule has 0 spiro atoms. The van der Waals surface area contributed by atoms with E-state index in [9.17, 15) is 0 Å². The lowest BCUT2D eigenvalue weighted by molar-refractivity contribution is 0.328. The molecule has 20 heavy (non-hydrogen) atoms. The number of rotatable bonds is 6. The number of aromatic nitrogens is 1. The van der Waals surface area contributed by atoms with Crippen molar-refractivity contribution < 1.29 is 0 Å². The van der Waals surface area contributed by atoms with Crippen LogP contribution in [-0.2, 0) is 6.54 Å². The molecule has 0 radical (unpaired) electrons. The second-order valence-corrected chi connectivity index (χ2v) is 7.16. The minimum Gasteiger partial charge on any atom is -0.356 e. The molecule has 0 aromatic carbocycles. The summed E-state index contributed by atoms with van der Waals surface area (Å²) in [6.07, 6.45) is 0. The Bertz CT molecular complexity index is 407. The van der Waals surface area contributed by atoms with Crippen LogP contribution in [0.3, 0.4) is 0 Å². The minimum atomic E-state index is 0.238. The van der Waals surface area contributed by atoms with E-state index in [1.54, 1.807) is 0 Å². The van der Waals surface area contributed by atoms with Crippen LogP contribution in [0.5, 0.6) is 0 Å². The fourth-order valence-corrected chi connectivity index (χ4v) is 2.03. The molecule has 1 rings (SSSR count). The fourth-order valence-electron chi connectivity index (χ4n) is 2.03. The van der Waals surface area contributed by atoms with Gasteiger partial charge in [0.2, 0.25) is 0 Å². The Morgan fingerprint density at radius 1 is 1.20 bits per heavy atom. The average molecular weight is 277 g/mol. The molecule has 0 fully saturated rings. The molecule has 1 unspecified atom stereocenters. The van der Waals surface area contributed by atoms with Gasteiger partial charge in [0, 0.05) is 19.6 Å². The van der Waals surface area contributed by atoms with Crippen molar-refractivity contribution in [3.05, 3.63) is 23.9 Å². The van der Waals surface area contributed by atoms with Crippen molar-refractivity contribution in [1.82, 2.24) is 10.3 Å². The van der Waals surface area contributed by atoms with Crippen molar-refractivity contribution >= 4 is 5.82 Å². The van der Waals surface area contributed by atoms with Gasteiger partial charge in [-0.05, 0) is 36.9 Å². The van der Waals surface area contributed by atoms with Crippen LogP contribution in [0.25, 0.3) is 0 Å². The summed E-state index contributed by atoms with van der Waals surface area (Å²) in [7, 11) is 2.13. The molecule has 0 bridgehead atoms. The molecule has 0 saturated heterocycles. The summed E-state index contributed by atoms with van der Waals surface area (Å²) < 4.78 is 0. The van der Waals surface area contributed by atoms with E-state index in [0.717, 1.165) is 24.6 Å². The van der Waals surface area contributed by atoms with Crippen LogP contribution in [0.15, 0.2) is 18.2 Å². The lowest BCUT2D eigenvalue weighted by atomic mass is 9.87. The maximum Gasteiger partial charge on any atom is 0.128 e. The normalized spacial score (nSPS) is 13.6. The zero-order valence-corrected chi connectivity index (χ0v) is 14.2. The van der Waals surface area contributed by atoms with Crippen LogP contribution in [0.2, 0.25) is 0 Å². The quantitative estimate of drug-likeness (QED) is 0.859. The van der Waals surface area contributed by atoms with Crippen LogP contribution in [0.4, 0.5) is 5.82 Å². The summed E-state index contributed by atoms with van der Waals surface area (Å²) >= 11 is 0. The van der Waals surface area contributed by atoms with Crippen LogP contribution in [0.1, 0.15) is 47.2 Å². The third kappa shape index (κ3) is 5.12. The Labute approximate surface area is 124 Å². The molecule has 0 aliphatic rings. The first-order valence-corrected chi connectivity index (χ1v) is 7.61. The minimum absolute atomic E-state index is 0.238. The monoisotopic (exact) mass is 277 g/mol. The van der Waals surface area contributed by atoms with E-state index < -0.39 is 0 Å². The molecule has 1 aromatic heterocycles. The first-order valence-electron chi connectivity index (χ1n) is 7.61. The molecule has 3 heteroatoms. The van der Waals surface area contributed by atoms with Crippen LogP contribution in [0, 0.1) is 11.3 Å². The molecule has 0 amide bonds. The number of hydrogen-bond donors (Lipinski definition) is 1. The van der Waals surface area contributed by atoms with Gasteiger partial charge in [-0.2, -0.15) is 0 Å². The van der Waals surface area contributed by atoms with E-state index in [1.165, 1.54) is 0 Å². The van der Waals surface area contributed by atoms with Gasteiger partial charge in [0.05, 0.1) is 5.69 Å². The number of pyridine rings is 1. The molecular formula is C17H31N3. The van der Waals surface area contributed by atoms with Gasteiger partial charge < -0.3 is 10.2 Å². The highest BCUT2D eigenvalue weighted by Crippen LogP contribution is 2.26. The van der Waals surface area contributed by atoms with Gasteiger partial charge in [-0.1, -0.05) is 40.7 Å². The Morgan fingerprint density at radius 2 is 1.85 bits per heavy atom. The zero-order valence-electron chi connectivity index (χ0n) is 14.2. The molecule has 3 nitrogen and oxygen atoms in total. The maximum absolute atomic E-state index is 4.77. The van der Waals surface area contributed by atoms with E-state index in [0.29, 0.717) is 12.0 Å². The third-order valence-electron chi connectivity index (χ3n) is 3.85. The predicted molar refractivity (Wildman–Crippen MR) is 88.1 cm³/mol. The summed E-state index contributed by atoms with van der Waals surface area (Å²) in [5.74, 6) is 1.72. The van der Waals surface area contributed by atoms with Crippen LogP contribution in [-0.4, -0.2) is 24.6 Å². The number of nitrogens with zero attached hydrogens (tertiary/aromatic N) is 2. The van der Waals surface area contributed by atoms with Crippen molar-refractivity contribution in [3.8, 4) is 0 Å². The number of hydrogen-bond acceptors (Lipinski definition) is 3. The number of nitrogens with one attached hydrogen (secondary N) is 1. The van der Waals surface area contributed by atoms with Crippen molar-refractivity contribution in [2.75, 3.05) is 18.5 Å². The molecule has 1 heterocycles. The molecule has 0 aliphatic carbocycles. The van der Waals surface area contributed by atoms with Crippen LogP contribution < -0.4 is 10.2 Å². The van der Waals surface area contributed by atoms with Crippen LogP contribution >= 0.6 is 0 Å². The average Bonchev–Trinajstić information content (AvgIpc) is 2.36. The first kappa shape index (κ1) is 17.0. The summed E-state index contributed by atoms with van der Waals surface area (Å²) in [5.41, 5.74) is 1.35. The molecule has 0 saturated carbocycles. The van der Waals surface area contributed by atoms with Gasteiger partial charge in [-0.3, -0.25) is 0 Å². The van der Waals surface area contributed by atoms with Crippen molar-refractivity contribution in [2.45, 2.75) is 54.1 Å². The van der Waals surface area contributed by atoms with Crippen molar-refractivity contribution in [1.29, 1.82) is 0 Å². The Hall–Kier alpha value is -1.09. The van der Waals surface area contributed by atoms with Crippen molar-refractivity contribution in [2.24, 2.45) is 11.3 Å². The van der Waals surface area contributed by atoms with E-state index >= 15 is 0 Å². The molecule has 1 atom stereocenters. The lowest BCUT2D eigenvalue weighted by Crippen LogP contribution is -2.39. The van der Waals surface area contributed by atoms with Gasteiger partial charge in [0.15, 0.2) is 0 Å². The Morgan fingerprint density at radius 3 is 2.40 bits per heavy atom.